The standard InChI is InChI=1S/C29H25F3N4O4/c1-28(29(30,31)32,18-6-2-16(3-7-18)26(39)35-22-14-20(33)10-12-24(22)37)19-8-4-17(5-9-19)27(40)36-23-15-21(34)11-13-25(23)38/h2-15,37-38H,33-34H2,1H3,(H,35,39)(H,36,40). The molecule has 0 unspecified atom stereocenters. The highest BCUT2D eigenvalue weighted by Gasteiger charge is 2.53. The summed E-state index contributed by atoms with van der Waals surface area (Å²) in [5.74, 6) is -1.73. The van der Waals surface area contributed by atoms with Crippen LogP contribution in [0, 0.1) is 0 Å². The van der Waals surface area contributed by atoms with Crippen molar-refractivity contribution in [1.29, 1.82) is 0 Å². The number of alkyl halides is 3. The van der Waals surface area contributed by atoms with E-state index in [2.05, 4.69) is 10.6 Å². The number of carbonyl (C=O) groups is 2. The Kier molecular flexibility index (Phi) is 7.32. The van der Waals surface area contributed by atoms with Gasteiger partial charge in [-0.25, -0.2) is 0 Å². The molecule has 206 valence electrons. The van der Waals surface area contributed by atoms with E-state index >= 15 is 0 Å². The van der Waals surface area contributed by atoms with Crippen molar-refractivity contribution in [2.24, 2.45) is 0 Å². The molecule has 0 aliphatic heterocycles. The number of phenolic OH excluding ortho intramolecular Hbond substituents is 2. The van der Waals surface area contributed by atoms with Crippen LogP contribution in [0.3, 0.4) is 0 Å². The first-order valence-electron chi connectivity index (χ1n) is 11.9. The number of carbonyl (C=O) groups excluding carboxylic acids is 2. The molecular formula is C29H25F3N4O4. The molecule has 0 heterocycles. The van der Waals surface area contributed by atoms with E-state index in [9.17, 15) is 33.0 Å². The van der Waals surface area contributed by atoms with Gasteiger partial charge in [0.25, 0.3) is 11.8 Å². The van der Waals surface area contributed by atoms with E-state index in [1.807, 2.05) is 0 Å². The second-order valence-corrected chi connectivity index (χ2v) is 9.24. The van der Waals surface area contributed by atoms with E-state index in [-0.39, 0.29) is 45.1 Å². The number of amides is 2. The lowest BCUT2D eigenvalue weighted by Gasteiger charge is -2.33. The third-order valence-corrected chi connectivity index (χ3v) is 6.55. The zero-order chi connectivity index (χ0) is 29.2. The van der Waals surface area contributed by atoms with Crippen molar-refractivity contribution in [2.45, 2.75) is 18.5 Å². The zero-order valence-electron chi connectivity index (χ0n) is 21.1. The first kappa shape index (κ1) is 27.8. The number of nitrogen functional groups attached to an aromatic ring is 2. The predicted octanol–water partition coefficient (Wildman–Crippen LogP) is 5.64. The highest BCUT2D eigenvalue weighted by molar-refractivity contribution is 6.06. The van der Waals surface area contributed by atoms with Crippen molar-refractivity contribution in [3.8, 4) is 11.5 Å². The number of phenols is 2. The number of hydrogen-bond acceptors (Lipinski definition) is 6. The molecule has 0 aliphatic carbocycles. The molecule has 11 heteroatoms. The minimum atomic E-state index is -4.73. The van der Waals surface area contributed by atoms with Gasteiger partial charge in [0.05, 0.1) is 11.4 Å². The number of nitrogens with one attached hydrogen (secondary N) is 2. The summed E-state index contributed by atoms with van der Waals surface area (Å²) in [7, 11) is 0. The van der Waals surface area contributed by atoms with E-state index in [1.54, 1.807) is 0 Å². The molecule has 0 atom stereocenters. The highest BCUT2D eigenvalue weighted by atomic mass is 19.4. The van der Waals surface area contributed by atoms with E-state index < -0.39 is 23.4 Å². The van der Waals surface area contributed by atoms with Crippen LogP contribution in [0.5, 0.6) is 11.5 Å². The number of halogens is 3. The topological polar surface area (TPSA) is 151 Å². The molecule has 4 aromatic rings. The van der Waals surface area contributed by atoms with Crippen molar-refractivity contribution in [3.63, 3.8) is 0 Å². The summed E-state index contributed by atoms with van der Waals surface area (Å²) in [6.07, 6.45) is -4.73. The summed E-state index contributed by atoms with van der Waals surface area (Å²) in [5.41, 5.74) is 9.44. The highest BCUT2D eigenvalue weighted by Crippen LogP contribution is 2.46. The van der Waals surface area contributed by atoms with Crippen LogP contribution in [0.25, 0.3) is 0 Å². The molecule has 40 heavy (non-hydrogen) atoms. The van der Waals surface area contributed by atoms with E-state index in [0.29, 0.717) is 11.4 Å². The second-order valence-electron chi connectivity index (χ2n) is 9.24. The van der Waals surface area contributed by atoms with Crippen LogP contribution in [0.2, 0.25) is 0 Å². The number of hydrogen-bond donors (Lipinski definition) is 6. The average Bonchev–Trinajstić information content (AvgIpc) is 2.91. The fourth-order valence-corrected chi connectivity index (χ4v) is 4.10. The number of aromatic hydroxyl groups is 2. The second kappa shape index (κ2) is 10.5. The molecular weight excluding hydrogens is 525 g/mol. The van der Waals surface area contributed by atoms with E-state index in [1.165, 1.54) is 84.9 Å². The summed E-state index contributed by atoms with van der Waals surface area (Å²) < 4.78 is 43.5. The Hall–Kier alpha value is -5.19. The SMILES string of the molecule is CC(c1ccc(C(=O)Nc2cc(N)ccc2O)cc1)(c1ccc(C(=O)Nc2cc(N)ccc2O)cc1)C(F)(F)F. The van der Waals surface area contributed by atoms with Gasteiger partial charge < -0.3 is 32.3 Å². The number of anilines is 4. The molecule has 0 radical (unpaired) electrons. The van der Waals surface area contributed by atoms with E-state index in [0.717, 1.165) is 6.92 Å². The summed E-state index contributed by atoms with van der Waals surface area (Å²) in [5, 5.41) is 24.8. The number of nitrogens with two attached hydrogens (primary N) is 2. The van der Waals surface area contributed by atoms with Gasteiger partial charge >= 0.3 is 6.18 Å². The van der Waals surface area contributed by atoms with Crippen molar-refractivity contribution >= 4 is 34.6 Å². The maximum Gasteiger partial charge on any atom is 0.402 e. The third kappa shape index (κ3) is 5.48. The molecule has 8 N–H and O–H groups in total. The van der Waals surface area contributed by atoms with Crippen molar-refractivity contribution < 1.29 is 33.0 Å². The lowest BCUT2D eigenvalue weighted by molar-refractivity contribution is -0.173. The molecule has 4 aromatic carbocycles. The fourth-order valence-electron chi connectivity index (χ4n) is 4.10. The molecule has 0 aromatic heterocycles. The molecule has 0 aliphatic rings. The van der Waals surface area contributed by atoms with Gasteiger partial charge in [0, 0.05) is 22.5 Å². The summed E-state index contributed by atoms with van der Waals surface area (Å²) in [4.78, 5) is 25.3. The van der Waals surface area contributed by atoms with E-state index in [4.69, 9.17) is 11.5 Å². The normalized spacial score (nSPS) is 11.6. The maximum atomic E-state index is 14.5. The largest absolute Gasteiger partial charge is 0.506 e. The van der Waals surface area contributed by atoms with Gasteiger partial charge in [0.1, 0.15) is 16.9 Å². The lowest BCUT2D eigenvalue weighted by Crippen LogP contribution is -2.40. The number of benzene rings is 4. The molecule has 2 amide bonds. The van der Waals surface area contributed by atoms with Gasteiger partial charge in [0.2, 0.25) is 0 Å². The van der Waals surface area contributed by atoms with Gasteiger partial charge in [-0.15, -0.1) is 0 Å². The minimum Gasteiger partial charge on any atom is -0.506 e. The maximum absolute atomic E-state index is 14.5. The van der Waals surface area contributed by atoms with Crippen LogP contribution in [-0.4, -0.2) is 28.2 Å². The van der Waals surface area contributed by atoms with Crippen molar-refractivity contribution in [3.05, 3.63) is 107 Å². The first-order chi connectivity index (χ1) is 18.8. The monoisotopic (exact) mass is 550 g/mol. The van der Waals surface area contributed by atoms with Crippen LogP contribution < -0.4 is 22.1 Å². The lowest BCUT2D eigenvalue weighted by atomic mass is 9.75. The molecule has 0 spiro atoms. The summed E-state index contributed by atoms with van der Waals surface area (Å²) >= 11 is 0. The molecule has 0 saturated heterocycles. The van der Waals surface area contributed by atoms with Gasteiger partial charge in [-0.1, -0.05) is 24.3 Å². The molecule has 0 fully saturated rings. The minimum absolute atomic E-state index is 0.0595. The molecule has 0 saturated carbocycles. The molecule has 4 rings (SSSR count). The van der Waals surface area contributed by atoms with Crippen LogP contribution in [-0.2, 0) is 5.41 Å². The summed E-state index contributed by atoms with van der Waals surface area (Å²) in [6, 6.07) is 18.0. The Balaban J connectivity index is 1.58. The zero-order valence-corrected chi connectivity index (χ0v) is 21.1. The smallest absolute Gasteiger partial charge is 0.402 e. The third-order valence-electron chi connectivity index (χ3n) is 6.55. The Morgan fingerprint density at radius 1 is 0.650 bits per heavy atom. The van der Waals surface area contributed by atoms with Gasteiger partial charge in [-0.05, 0) is 78.7 Å². The quantitative estimate of drug-likeness (QED) is 0.104. The number of rotatable bonds is 6. The summed E-state index contributed by atoms with van der Waals surface area (Å²) in [6.45, 7) is 1.01. The average molecular weight is 551 g/mol. The van der Waals surface area contributed by atoms with Crippen LogP contribution in [0.4, 0.5) is 35.9 Å². The Morgan fingerprint density at radius 2 is 1.00 bits per heavy atom. The van der Waals surface area contributed by atoms with Crippen LogP contribution in [0.1, 0.15) is 38.8 Å². The van der Waals surface area contributed by atoms with Gasteiger partial charge in [0.15, 0.2) is 0 Å². The molecule has 0 bridgehead atoms. The van der Waals surface area contributed by atoms with Crippen LogP contribution >= 0.6 is 0 Å². The predicted molar refractivity (Wildman–Crippen MR) is 146 cm³/mol. The Morgan fingerprint density at radius 3 is 1.32 bits per heavy atom. The van der Waals surface area contributed by atoms with Crippen molar-refractivity contribution in [1.82, 2.24) is 0 Å². The first-order valence-corrected chi connectivity index (χ1v) is 11.9. The Labute approximate surface area is 227 Å². The molecule has 8 nitrogen and oxygen atoms in total. The van der Waals surface area contributed by atoms with Gasteiger partial charge in [-0.2, -0.15) is 13.2 Å². The fraction of sp³-hybridized carbons (Fsp3) is 0.103. The van der Waals surface area contributed by atoms with Crippen LogP contribution in [0.15, 0.2) is 84.9 Å². The van der Waals surface area contributed by atoms with Crippen molar-refractivity contribution in [2.75, 3.05) is 22.1 Å². The van der Waals surface area contributed by atoms with Gasteiger partial charge in [-0.3, -0.25) is 9.59 Å². The Bertz CT molecular complexity index is 1460.